The van der Waals surface area contributed by atoms with Crippen LogP contribution < -0.4 is 5.32 Å². The molecule has 4 heteroatoms. The summed E-state index contributed by atoms with van der Waals surface area (Å²) in [5.41, 5.74) is 1.06. The molecule has 1 aliphatic rings. The molecule has 0 spiro atoms. The van der Waals surface area contributed by atoms with Crippen molar-refractivity contribution in [2.24, 2.45) is 5.92 Å². The summed E-state index contributed by atoms with van der Waals surface area (Å²) in [6, 6.07) is 0.707. The SMILES string of the molecule is CCNc1cnc(CN(C)C2CCCC(C)C2)cn1. The molecule has 1 aliphatic carbocycles. The first kappa shape index (κ1) is 14.3. The zero-order valence-electron chi connectivity index (χ0n) is 12.4. The molecule has 0 aromatic carbocycles. The van der Waals surface area contributed by atoms with Gasteiger partial charge in [0.25, 0.3) is 0 Å². The number of rotatable bonds is 5. The lowest BCUT2D eigenvalue weighted by Crippen LogP contribution is -2.35. The van der Waals surface area contributed by atoms with Crippen LogP contribution in [-0.4, -0.2) is 34.5 Å². The minimum absolute atomic E-state index is 0.707. The largest absolute Gasteiger partial charge is 0.369 e. The molecule has 1 aromatic heterocycles. The van der Waals surface area contributed by atoms with Crippen molar-refractivity contribution >= 4 is 5.82 Å². The first-order chi connectivity index (χ1) is 9.19. The first-order valence-electron chi connectivity index (χ1n) is 7.44. The second-order valence-electron chi connectivity index (χ2n) is 5.76. The van der Waals surface area contributed by atoms with Crippen molar-refractivity contribution in [1.82, 2.24) is 14.9 Å². The van der Waals surface area contributed by atoms with Crippen LogP contribution in [0.2, 0.25) is 0 Å². The number of nitrogens with one attached hydrogen (secondary N) is 1. The topological polar surface area (TPSA) is 41.1 Å². The normalized spacial score (nSPS) is 23.6. The maximum atomic E-state index is 4.48. The van der Waals surface area contributed by atoms with Gasteiger partial charge >= 0.3 is 0 Å². The van der Waals surface area contributed by atoms with Crippen molar-refractivity contribution in [2.45, 2.75) is 52.1 Å². The van der Waals surface area contributed by atoms with E-state index in [-0.39, 0.29) is 0 Å². The van der Waals surface area contributed by atoms with E-state index in [2.05, 4.69) is 41.1 Å². The summed E-state index contributed by atoms with van der Waals surface area (Å²) in [5, 5.41) is 3.17. The Morgan fingerprint density at radius 3 is 2.79 bits per heavy atom. The molecule has 0 amide bonds. The fraction of sp³-hybridized carbons (Fsp3) is 0.733. The number of anilines is 1. The highest BCUT2D eigenvalue weighted by Crippen LogP contribution is 2.27. The van der Waals surface area contributed by atoms with Gasteiger partial charge in [-0.15, -0.1) is 0 Å². The minimum Gasteiger partial charge on any atom is -0.369 e. The van der Waals surface area contributed by atoms with Crippen LogP contribution in [0.4, 0.5) is 5.82 Å². The second-order valence-corrected chi connectivity index (χ2v) is 5.76. The van der Waals surface area contributed by atoms with Gasteiger partial charge in [-0.1, -0.05) is 19.8 Å². The Morgan fingerprint density at radius 2 is 2.16 bits per heavy atom. The van der Waals surface area contributed by atoms with Gasteiger partial charge in [-0.25, -0.2) is 4.98 Å². The van der Waals surface area contributed by atoms with Crippen LogP contribution in [0.1, 0.15) is 45.2 Å². The quantitative estimate of drug-likeness (QED) is 0.886. The van der Waals surface area contributed by atoms with Gasteiger partial charge in [-0.05, 0) is 32.7 Å². The molecule has 1 N–H and O–H groups in total. The Balaban J connectivity index is 1.88. The van der Waals surface area contributed by atoms with Gasteiger partial charge in [0.1, 0.15) is 5.82 Å². The molecule has 19 heavy (non-hydrogen) atoms. The van der Waals surface area contributed by atoms with E-state index in [1.54, 1.807) is 0 Å². The van der Waals surface area contributed by atoms with Crippen LogP contribution in [0.15, 0.2) is 12.4 Å². The average Bonchev–Trinajstić information content (AvgIpc) is 2.41. The number of hydrogen-bond donors (Lipinski definition) is 1. The Hall–Kier alpha value is -1.16. The van der Waals surface area contributed by atoms with Crippen LogP contribution in [0.3, 0.4) is 0 Å². The smallest absolute Gasteiger partial charge is 0.144 e. The molecule has 1 fully saturated rings. The monoisotopic (exact) mass is 262 g/mol. The summed E-state index contributed by atoms with van der Waals surface area (Å²) in [7, 11) is 2.21. The molecule has 1 heterocycles. The van der Waals surface area contributed by atoms with Crippen molar-refractivity contribution in [3.63, 3.8) is 0 Å². The van der Waals surface area contributed by atoms with Gasteiger partial charge in [0.05, 0.1) is 18.1 Å². The van der Waals surface area contributed by atoms with E-state index in [0.717, 1.165) is 30.5 Å². The van der Waals surface area contributed by atoms with Crippen LogP contribution >= 0.6 is 0 Å². The molecular formula is C15H26N4. The number of aromatic nitrogens is 2. The molecule has 0 radical (unpaired) electrons. The lowest BCUT2D eigenvalue weighted by Gasteiger charge is -2.33. The molecule has 2 rings (SSSR count). The highest BCUT2D eigenvalue weighted by atomic mass is 15.1. The molecule has 0 saturated heterocycles. The van der Waals surface area contributed by atoms with Crippen molar-refractivity contribution in [3.05, 3.63) is 18.1 Å². The van der Waals surface area contributed by atoms with E-state index >= 15 is 0 Å². The highest BCUT2D eigenvalue weighted by Gasteiger charge is 2.22. The van der Waals surface area contributed by atoms with E-state index < -0.39 is 0 Å². The molecular weight excluding hydrogens is 236 g/mol. The Kier molecular flexibility index (Phi) is 5.14. The van der Waals surface area contributed by atoms with E-state index in [0.29, 0.717) is 6.04 Å². The van der Waals surface area contributed by atoms with E-state index in [9.17, 15) is 0 Å². The predicted molar refractivity (Wildman–Crippen MR) is 79.1 cm³/mol. The van der Waals surface area contributed by atoms with Gasteiger partial charge < -0.3 is 5.32 Å². The molecule has 0 bridgehead atoms. The molecule has 2 unspecified atom stereocenters. The van der Waals surface area contributed by atoms with Crippen molar-refractivity contribution in [1.29, 1.82) is 0 Å². The molecule has 0 aliphatic heterocycles. The second kappa shape index (κ2) is 6.85. The predicted octanol–water partition coefficient (Wildman–Crippen LogP) is 2.92. The average molecular weight is 262 g/mol. The first-order valence-corrected chi connectivity index (χ1v) is 7.44. The van der Waals surface area contributed by atoms with E-state index in [1.807, 2.05) is 12.4 Å². The van der Waals surface area contributed by atoms with Crippen molar-refractivity contribution < 1.29 is 0 Å². The molecule has 106 valence electrons. The van der Waals surface area contributed by atoms with Gasteiger partial charge in [-0.3, -0.25) is 9.88 Å². The third-order valence-corrected chi connectivity index (χ3v) is 4.01. The highest BCUT2D eigenvalue weighted by molar-refractivity contribution is 5.30. The Bertz CT molecular complexity index is 376. The lowest BCUT2D eigenvalue weighted by molar-refractivity contribution is 0.156. The summed E-state index contributed by atoms with van der Waals surface area (Å²) < 4.78 is 0. The van der Waals surface area contributed by atoms with Gasteiger partial charge in [0.2, 0.25) is 0 Å². The van der Waals surface area contributed by atoms with Gasteiger partial charge in [0, 0.05) is 19.1 Å². The third kappa shape index (κ3) is 4.16. The van der Waals surface area contributed by atoms with Crippen molar-refractivity contribution in [3.8, 4) is 0 Å². The fourth-order valence-corrected chi connectivity index (χ4v) is 2.90. The summed E-state index contributed by atoms with van der Waals surface area (Å²) in [5.74, 6) is 1.73. The summed E-state index contributed by atoms with van der Waals surface area (Å²) in [6.07, 6.45) is 9.11. The number of nitrogens with zero attached hydrogens (tertiary/aromatic N) is 3. The summed E-state index contributed by atoms with van der Waals surface area (Å²) in [6.45, 7) is 6.21. The fourth-order valence-electron chi connectivity index (χ4n) is 2.90. The molecule has 1 saturated carbocycles. The number of hydrogen-bond acceptors (Lipinski definition) is 4. The molecule has 2 atom stereocenters. The zero-order chi connectivity index (χ0) is 13.7. The van der Waals surface area contributed by atoms with Crippen LogP contribution in [0.5, 0.6) is 0 Å². The van der Waals surface area contributed by atoms with Gasteiger partial charge in [-0.2, -0.15) is 0 Å². The third-order valence-electron chi connectivity index (χ3n) is 4.01. The van der Waals surface area contributed by atoms with Crippen molar-refractivity contribution in [2.75, 3.05) is 18.9 Å². The standard InChI is InChI=1S/C15H26N4/c1-4-16-15-10-17-13(9-18-15)11-19(3)14-7-5-6-12(2)8-14/h9-10,12,14H,4-8,11H2,1-3H3,(H,16,18). The molecule has 1 aromatic rings. The zero-order valence-corrected chi connectivity index (χ0v) is 12.4. The van der Waals surface area contributed by atoms with E-state index in [1.165, 1.54) is 25.7 Å². The Morgan fingerprint density at radius 1 is 1.32 bits per heavy atom. The van der Waals surface area contributed by atoms with Crippen LogP contribution in [-0.2, 0) is 6.54 Å². The minimum atomic E-state index is 0.707. The van der Waals surface area contributed by atoms with E-state index in [4.69, 9.17) is 0 Å². The Labute approximate surface area is 116 Å². The molecule has 4 nitrogen and oxygen atoms in total. The maximum absolute atomic E-state index is 4.48. The van der Waals surface area contributed by atoms with Gasteiger partial charge in [0.15, 0.2) is 0 Å². The van der Waals surface area contributed by atoms with Crippen LogP contribution in [0.25, 0.3) is 0 Å². The maximum Gasteiger partial charge on any atom is 0.144 e. The lowest BCUT2D eigenvalue weighted by atomic mass is 9.86. The van der Waals surface area contributed by atoms with Crippen LogP contribution in [0, 0.1) is 5.92 Å². The summed E-state index contributed by atoms with van der Waals surface area (Å²) in [4.78, 5) is 11.3. The summed E-state index contributed by atoms with van der Waals surface area (Å²) >= 11 is 0.